The van der Waals surface area contributed by atoms with Crippen LogP contribution in [0.3, 0.4) is 0 Å². The SMILES string of the molecule is CCC=CCC=CCC=CCC=CCC=CCC=CCCC(=O)N[C@@H](C)C(=O)Nc1ccn([C@@H]2CS[C@H](CO)O2)c(=O)n1. The van der Waals surface area contributed by atoms with Gasteiger partial charge in [-0.15, -0.1) is 11.8 Å². The Kier molecular flexibility index (Phi) is 18.4. The molecule has 1 saturated heterocycles. The van der Waals surface area contributed by atoms with Gasteiger partial charge in [0.05, 0.1) is 6.61 Å². The van der Waals surface area contributed by atoms with Crippen molar-refractivity contribution in [3.8, 4) is 0 Å². The Balaban J connectivity index is 1.56. The minimum atomic E-state index is -0.790. The van der Waals surface area contributed by atoms with E-state index in [0.29, 0.717) is 12.2 Å². The molecule has 3 N–H and O–H groups in total. The fourth-order valence-electron chi connectivity index (χ4n) is 3.85. The van der Waals surface area contributed by atoms with Crippen LogP contribution in [0.4, 0.5) is 5.82 Å². The summed E-state index contributed by atoms with van der Waals surface area (Å²) < 4.78 is 6.89. The predicted molar refractivity (Wildman–Crippen MR) is 176 cm³/mol. The van der Waals surface area contributed by atoms with Crippen molar-refractivity contribution in [2.24, 2.45) is 0 Å². The molecular formula is C33H46N4O5S. The lowest BCUT2D eigenvalue weighted by molar-refractivity contribution is -0.126. The third kappa shape index (κ3) is 15.5. The number of hydrogen-bond donors (Lipinski definition) is 3. The maximum atomic E-state index is 12.5. The van der Waals surface area contributed by atoms with Gasteiger partial charge in [0, 0.05) is 18.4 Å². The van der Waals surface area contributed by atoms with Gasteiger partial charge < -0.3 is 20.5 Å². The molecule has 3 atom stereocenters. The van der Waals surface area contributed by atoms with Crippen LogP contribution in [0.25, 0.3) is 0 Å². The van der Waals surface area contributed by atoms with Crippen molar-refractivity contribution >= 4 is 29.4 Å². The number of aromatic nitrogens is 2. The summed E-state index contributed by atoms with van der Waals surface area (Å²) in [6, 6.07) is 0.706. The van der Waals surface area contributed by atoms with Gasteiger partial charge in [-0.25, -0.2) is 4.79 Å². The van der Waals surface area contributed by atoms with Gasteiger partial charge in [0.15, 0.2) is 0 Å². The number of ether oxygens (including phenoxy) is 1. The van der Waals surface area contributed by atoms with Gasteiger partial charge in [-0.05, 0) is 57.9 Å². The molecule has 43 heavy (non-hydrogen) atoms. The number of anilines is 1. The number of carbonyl (C=O) groups excluding carboxylic acids is 2. The molecule has 1 aromatic heterocycles. The van der Waals surface area contributed by atoms with E-state index in [1.807, 2.05) is 12.2 Å². The highest BCUT2D eigenvalue weighted by atomic mass is 32.2. The first kappa shape index (κ1) is 35.7. The van der Waals surface area contributed by atoms with Gasteiger partial charge in [0.1, 0.15) is 23.5 Å². The van der Waals surface area contributed by atoms with Gasteiger partial charge in [0.2, 0.25) is 11.8 Å². The third-order valence-corrected chi connectivity index (χ3v) is 7.29. The summed E-state index contributed by atoms with van der Waals surface area (Å²) >= 11 is 1.41. The first-order chi connectivity index (χ1) is 20.9. The van der Waals surface area contributed by atoms with E-state index in [0.717, 1.165) is 38.5 Å². The Hall–Kier alpha value is -3.47. The second-order valence-electron chi connectivity index (χ2n) is 9.77. The molecule has 0 aromatic carbocycles. The molecule has 1 aliphatic heterocycles. The topological polar surface area (TPSA) is 123 Å². The van der Waals surface area contributed by atoms with E-state index in [2.05, 4.69) is 83.3 Å². The van der Waals surface area contributed by atoms with Crippen LogP contribution in [-0.2, 0) is 14.3 Å². The summed E-state index contributed by atoms with van der Waals surface area (Å²) in [5, 5.41) is 14.4. The van der Waals surface area contributed by atoms with E-state index in [1.165, 1.54) is 28.6 Å². The molecule has 0 saturated carbocycles. The van der Waals surface area contributed by atoms with E-state index in [4.69, 9.17) is 4.74 Å². The van der Waals surface area contributed by atoms with Gasteiger partial charge in [0.25, 0.3) is 0 Å². The summed E-state index contributed by atoms with van der Waals surface area (Å²) in [4.78, 5) is 40.9. The average molecular weight is 611 g/mol. The number of aliphatic hydroxyl groups excluding tert-OH is 1. The Morgan fingerprint density at radius 2 is 1.56 bits per heavy atom. The van der Waals surface area contributed by atoms with Crippen LogP contribution in [0.1, 0.15) is 71.4 Å². The molecule has 9 nitrogen and oxygen atoms in total. The number of amides is 2. The van der Waals surface area contributed by atoms with Crippen molar-refractivity contribution in [1.82, 2.24) is 14.9 Å². The van der Waals surface area contributed by atoms with E-state index in [-0.39, 0.29) is 30.2 Å². The molecular weight excluding hydrogens is 564 g/mol. The molecule has 0 bridgehead atoms. The highest BCUT2D eigenvalue weighted by molar-refractivity contribution is 8.00. The summed E-state index contributed by atoms with van der Waals surface area (Å²) in [6.07, 6.45) is 33.1. The highest BCUT2D eigenvalue weighted by Crippen LogP contribution is 2.30. The quantitative estimate of drug-likeness (QED) is 0.171. The van der Waals surface area contributed by atoms with Crippen molar-refractivity contribution in [1.29, 1.82) is 0 Å². The van der Waals surface area contributed by atoms with Crippen LogP contribution in [0.2, 0.25) is 0 Å². The van der Waals surface area contributed by atoms with Gasteiger partial charge in [-0.1, -0.05) is 79.8 Å². The lowest BCUT2D eigenvalue weighted by Gasteiger charge is -2.15. The number of allylic oxidation sites excluding steroid dienone is 12. The van der Waals surface area contributed by atoms with E-state index in [1.54, 1.807) is 6.92 Å². The number of nitrogens with one attached hydrogen (secondary N) is 2. The van der Waals surface area contributed by atoms with Gasteiger partial charge in [-0.3, -0.25) is 14.2 Å². The number of rotatable bonds is 19. The molecule has 234 valence electrons. The lowest BCUT2D eigenvalue weighted by Crippen LogP contribution is -2.42. The van der Waals surface area contributed by atoms with Crippen LogP contribution in [-0.4, -0.2) is 50.3 Å². The monoisotopic (exact) mass is 610 g/mol. The molecule has 0 radical (unpaired) electrons. The first-order valence-corrected chi connectivity index (χ1v) is 16.0. The molecule has 2 heterocycles. The molecule has 0 aliphatic carbocycles. The van der Waals surface area contributed by atoms with E-state index >= 15 is 0 Å². The molecule has 10 heteroatoms. The van der Waals surface area contributed by atoms with Gasteiger partial charge >= 0.3 is 5.69 Å². The normalized spacial score (nSPS) is 18.3. The number of hydrogen-bond acceptors (Lipinski definition) is 7. The van der Waals surface area contributed by atoms with Crippen molar-refractivity contribution < 1.29 is 19.4 Å². The van der Waals surface area contributed by atoms with Crippen molar-refractivity contribution in [2.45, 2.75) is 82.9 Å². The molecule has 2 rings (SSSR count). The standard InChI is InChI=1S/C33H46N4O5S/c1-3-4-5-6-7-8-9-10-11-12-13-14-15-16-17-18-19-20-21-22-29(39)34-27(2)32(40)35-28-23-24-37(33(41)36-28)30-26-43-31(25-38)42-30/h4-5,7-8,10-11,13-14,16-17,19-20,23-24,27,30-31,38H,3,6,9,12,15,18,21-22,25-26H2,1-2H3,(H,34,39)(H,35,36,40,41)/t27-,30-,31+/m0/s1. The second kappa shape index (κ2) is 22.1. The highest BCUT2D eigenvalue weighted by Gasteiger charge is 2.27. The molecule has 1 aliphatic rings. The van der Waals surface area contributed by atoms with Crippen molar-refractivity contribution in [2.75, 3.05) is 17.7 Å². The van der Waals surface area contributed by atoms with Crippen LogP contribution in [0.15, 0.2) is 90.0 Å². The summed E-state index contributed by atoms with van der Waals surface area (Å²) in [6.45, 7) is 3.58. The molecule has 1 aromatic rings. The lowest BCUT2D eigenvalue weighted by atomic mass is 10.2. The van der Waals surface area contributed by atoms with Crippen LogP contribution in [0, 0.1) is 0 Å². The maximum Gasteiger partial charge on any atom is 0.351 e. The number of nitrogens with zero attached hydrogens (tertiary/aromatic N) is 2. The fourth-order valence-corrected chi connectivity index (χ4v) is 4.78. The fraction of sp³-hybridized carbons (Fsp3) is 0.455. The molecule has 2 amide bonds. The molecule has 0 spiro atoms. The van der Waals surface area contributed by atoms with Crippen LogP contribution < -0.4 is 16.3 Å². The first-order valence-electron chi connectivity index (χ1n) is 14.9. The minimum Gasteiger partial charge on any atom is -0.393 e. The zero-order valence-corrected chi connectivity index (χ0v) is 26.1. The Bertz CT molecular complexity index is 1220. The van der Waals surface area contributed by atoms with Crippen LogP contribution >= 0.6 is 11.8 Å². The molecule has 1 fully saturated rings. The summed E-state index contributed by atoms with van der Waals surface area (Å²) in [7, 11) is 0. The number of aliphatic hydroxyl groups is 1. The zero-order valence-electron chi connectivity index (χ0n) is 25.3. The van der Waals surface area contributed by atoms with E-state index in [9.17, 15) is 19.5 Å². The second-order valence-corrected chi connectivity index (χ2v) is 11.0. The molecule has 0 unspecified atom stereocenters. The number of carbonyl (C=O) groups is 2. The minimum absolute atomic E-state index is 0.0923. The number of thioether (sulfide) groups is 1. The van der Waals surface area contributed by atoms with Crippen molar-refractivity contribution in [3.63, 3.8) is 0 Å². The van der Waals surface area contributed by atoms with Crippen LogP contribution in [0.5, 0.6) is 0 Å². The third-order valence-electron chi connectivity index (χ3n) is 6.18. The summed E-state index contributed by atoms with van der Waals surface area (Å²) in [5.41, 5.74) is -0.949. The Morgan fingerprint density at radius 3 is 2.07 bits per heavy atom. The Labute approximate surface area is 259 Å². The average Bonchev–Trinajstić information content (AvgIpc) is 3.47. The van der Waals surface area contributed by atoms with E-state index < -0.39 is 23.9 Å². The predicted octanol–water partition coefficient (Wildman–Crippen LogP) is 5.74. The zero-order chi connectivity index (χ0) is 31.1. The smallest absolute Gasteiger partial charge is 0.351 e. The van der Waals surface area contributed by atoms with Gasteiger partial charge in [-0.2, -0.15) is 4.98 Å². The van der Waals surface area contributed by atoms with Crippen molar-refractivity contribution in [3.05, 3.63) is 95.7 Å². The summed E-state index contributed by atoms with van der Waals surface area (Å²) in [5.74, 6) is -0.102. The largest absolute Gasteiger partial charge is 0.393 e. The maximum absolute atomic E-state index is 12.5. The Morgan fingerprint density at radius 1 is 1.00 bits per heavy atom.